The molecule has 0 saturated carbocycles. The lowest BCUT2D eigenvalue weighted by Crippen LogP contribution is -1.90. The van der Waals surface area contributed by atoms with Crippen molar-refractivity contribution in [1.82, 2.24) is 9.97 Å². The number of pyridine rings is 2. The third kappa shape index (κ3) is 2.89. The smallest absolute Gasteiger partial charge is 0.0708 e. The van der Waals surface area contributed by atoms with Crippen LogP contribution < -0.4 is 0 Å². The Kier molecular flexibility index (Phi) is 4.18. The van der Waals surface area contributed by atoms with Gasteiger partial charge >= 0.3 is 0 Å². The number of benzene rings is 5. The summed E-state index contributed by atoms with van der Waals surface area (Å²) in [5.41, 5.74) is 6.96. The quantitative estimate of drug-likeness (QED) is 0.262. The molecule has 0 amide bonds. The molecule has 0 aliphatic heterocycles. The predicted octanol–water partition coefficient (Wildman–Crippen LogP) is 8.38. The first-order chi connectivity index (χ1) is 16.9. The molecule has 0 bridgehead atoms. The number of rotatable bonds is 3. The lowest BCUT2D eigenvalue weighted by atomic mass is 9.88. The summed E-state index contributed by atoms with van der Waals surface area (Å²) in [4.78, 5) is 8.88. The van der Waals surface area contributed by atoms with Crippen LogP contribution in [-0.2, 0) is 0 Å². The second-order valence-corrected chi connectivity index (χ2v) is 8.68. The van der Waals surface area contributed by atoms with Crippen molar-refractivity contribution in [3.05, 3.63) is 122 Å². The van der Waals surface area contributed by atoms with E-state index in [4.69, 9.17) is 0 Å². The van der Waals surface area contributed by atoms with Gasteiger partial charge in [-0.05, 0) is 72.8 Å². The van der Waals surface area contributed by atoms with E-state index in [1.54, 1.807) is 0 Å². The van der Waals surface area contributed by atoms with Gasteiger partial charge < -0.3 is 0 Å². The standard InChI is InChI=1S/C32H20N2/c1-2-19-34-30(5-1)27-15-11-24-12-16-28-26(14-10-23-13-17-29(27)32(24)31(23)28)22-8-6-21(7-9-22)25-4-3-18-33-20-25/h1-20H. The molecular weight excluding hydrogens is 412 g/mol. The molecule has 7 aromatic rings. The minimum atomic E-state index is 1.01. The number of nitrogens with zero attached hydrogens (tertiary/aromatic N) is 2. The Morgan fingerprint density at radius 1 is 0.441 bits per heavy atom. The normalized spacial score (nSPS) is 11.5. The first-order valence-corrected chi connectivity index (χ1v) is 11.5. The number of aromatic nitrogens is 2. The first-order valence-electron chi connectivity index (χ1n) is 11.5. The Labute approximate surface area is 197 Å². The van der Waals surface area contributed by atoms with Gasteiger partial charge in [-0.1, -0.05) is 84.9 Å². The minimum absolute atomic E-state index is 1.01. The second-order valence-electron chi connectivity index (χ2n) is 8.68. The first kappa shape index (κ1) is 19.0. The molecule has 2 heterocycles. The van der Waals surface area contributed by atoms with Crippen LogP contribution in [0.15, 0.2) is 122 Å². The summed E-state index contributed by atoms with van der Waals surface area (Å²) in [6, 6.07) is 36.9. The van der Waals surface area contributed by atoms with E-state index >= 15 is 0 Å². The van der Waals surface area contributed by atoms with Gasteiger partial charge in [0.15, 0.2) is 0 Å². The minimum Gasteiger partial charge on any atom is -0.264 e. The summed E-state index contributed by atoms with van der Waals surface area (Å²) in [5, 5.41) is 7.69. The zero-order chi connectivity index (χ0) is 22.5. The third-order valence-corrected chi connectivity index (χ3v) is 6.80. The van der Waals surface area contributed by atoms with Crippen LogP contribution in [0.5, 0.6) is 0 Å². The monoisotopic (exact) mass is 432 g/mol. The fourth-order valence-corrected chi connectivity index (χ4v) is 5.17. The highest BCUT2D eigenvalue weighted by molar-refractivity contribution is 6.27. The lowest BCUT2D eigenvalue weighted by Gasteiger charge is -2.16. The maximum atomic E-state index is 4.63. The van der Waals surface area contributed by atoms with E-state index in [0.29, 0.717) is 0 Å². The van der Waals surface area contributed by atoms with E-state index in [9.17, 15) is 0 Å². The van der Waals surface area contributed by atoms with Gasteiger partial charge in [-0.2, -0.15) is 0 Å². The van der Waals surface area contributed by atoms with E-state index < -0.39 is 0 Å². The molecule has 2 nitrogen and oxygen atoms in total. The number of hydrogen-bond acceptors (Lipinski definition) is 2. The highest BCUT2D eigenvalue weighted by atomic mass is 14.7. The molecular formula is C32H20N2. The molecule has 0 unspecified atom stereocenters. The van der Waals surface area contributed by atoms with Crippen LogP contribution in [0.3, 0.4) is 0 Å². The SMILES string of the molecule is c1ccc(-c2ccc3ccc4c(-c5ccc(-c6cccnc6)cc5)ccc5ccc2c3c54)nc1. The van der Waals surface area contributed by atoms with Crippen LogP contribution in [0.2, 0.25) is 0 Å². The van der Waals surface area contributed by atoms with E-state index in [2.05, 4.69) is 94.9 Å². The highest BCUT2D eigenvalue weighted by Gasteiger charge is 2.15. The van der Waals surface area contributed by atoms with Crippen LogP contribution in [0.25, 0.3) is 65.8 Å². The van der Waals surface area contributed by atoms with Crippen molar-refractivity contribution in [2.75, 3.05) is 0 Å². The van der Waals surface area contributed by atoms with Crippen LogP contribution in [0.4, 0.5) is 0 Å². The van der Waals surface area contributed by atoms with Crippen molar-refractivity contribution >= 4 is 32.3 Å². The molecule has 34 heavy (non-hydrogen) atoms. The van der Waals surface area contributed by atoms with Gasteiger partial charge in [-0.15, -0.1) is 0 Å². The Morgan fingerprint density at radius 3 is 1.79 bits per heavy atom. The summed E-state index contributed by atoms with van der Waals surface area (Å²) in [7, 11) is 0. The summed E-state index contributed by atoms with van der Waals surface area (Å²) < 4.78 is 0. The number of hydrogen-bond donors (Lipinski definition) is 0. The maximum absolute atomic E-state index is 4.63. The molecule has 2 aromatic heterocycles. The Morgan fingerprint density at radius 2 is 1.12 bits per heavy atom. The molecule has 0 N–H and O–H groups in total. The highest BCUT2D eigenvalue weighted by Crippen LogP contribution is 2.42. The average Bonchev–Trinajstić information content (AvgIpc) is 2.92. The molecule has 2 heteroatoms. The zero-order valence-corrected chi connectivity index (χ0v) is 18.4. The van der Waals surface area contributed by atoms with Gasteiger partial charge in [0.05, 0.1) is 5.69 Å². The molecule has 0 aliphatic carbocycles. The van der Waals surface area contributed by atoms with Gasteiger partial charge in [0.2, 0.25) is 0 Å². The topological polar surface area (TPSA) is 25.8 Å². The molecule has 0 aliphatic rings. The Bertz CT molecular complexity index is 1770. The molecule has 158 valence electrons. The lowest BCUT2D eigenvalue weighted by molar-refractivity contribution is 1.33. The predicted molar refractivity (Wildman–Crippen MR) is 142 cm³/mol. The Balaban J connectivity index is 1.46. The Hall–Kier alpha value is -4.56. The van der Waals surface area contributed by atoms with Gasteiger partial charge in [0, 0.05) is 24.2 Å². The molecule has 0 saturated heterocycles. The van der Waals surface area contributed by atoms with Crippen molar-refractivity contribution < 1.29 is 0 Å². The van der Waals surface area contributed by atoms with Gasteiger partial charge in [0.25, 0.3) is 0 Å². The third-order valence-electron chi connectivity index (χ3n) is 6.80. The average molecular weight is 433 g/mol. The second kappa shape index (κ2) is 7.50. The fraction of sp³-hybridized carbons (Fsp3) is 0. The van der Waals surface area contributed by atoms with Crippen molar-refractivity contribution in [2.45, 2.75) is 0 Å². The molecule has 0 spiro atoms. The molecule has 0 fully saturated rings. The van der Waals surface area contributed by atoms with E-state index in [1.807, 2.05) is 36.8 Å². The van der Waals surface area contributed by atoms with Gasteiger partial charge in [-0.25, -0.2) is 0 Å². The van der Waals surface area contributed by atoms with Gasteiger partial charge in [-0.3, -0.25) is 9.97 Å². The van der Waals surface area contributed by atoms with E-state index in [-0.39, 0.29) is 0 Å². The van der Waals surface area contributed by atoms with Crippen LogP contribution in [0, 0.1) is 0 Å². The van der Waals surface area contributed by atoms with E-state index in [1.165, 1.54) is 54.6 Å². The van der Waals surface area contributed by atoms with Crippen molar-refractivity contribution in [3.63, 3.8) is 0 Å². The van der Waals surface area contributed by atoms with E-state index in [0.717, 1.165) is 11.3 Å². The largest absolute Gasteiger partial charge is 0.264 e. The maximum Gasteiger partial charge on any atom is 0.0708 e. The molecule has 0 atom stereocenters. The summed E-state index contributed by atoms with van der Waals surface area (Å²) in [5.74, 6) is 0. The van der Waals surface area contributed by atoms with Crippen molar-refractivity contribution in [1.29, 1.82) is 0 Å². The van der Waals surface area contributed by atoms with Crippen LogP contribution >= 0.6 is 0 Å². The molecule has 0 radical (unpaired) electrons. The van der Waals surface area contributed by atoms with Gasteiger partial charge in [0.1, 0.15) is 0 Å². The summed E-state index contributed by atoms with van der Waals surface area (Å²) in [6.45, 7) is 0. The van der Waals surface area contributed by atoms with Crippen molar-refractivity contribution in [2.24, 2.45) is 0 Å². The zero-order valence-electron chi connectivity index (χ0n) is 18.4. The van der Waals surface area contributed by atoms with Crippen molar-refractivity contribution in [3.8, 4) is 33.5 Å². The van der Waals surface area contributed by atoms with Crippen LogP contribution in [0.1, 0.15) is 0 Å². The summed E-state index contributed by atoms with van der Waals surface area (Å²) in [6.07, 6.45) is 5.58. The molecule has 5 aromatic carbocycles. The fourth-order valence-electron chi connectivity index (χ4n) is 5.17. The van der Waals surface area contributed by atoms with Crippen LogP contribution in [-0.4, -0.2) is 9.97 Å². The summed E-state index contributed by atoms with van der Waals surface area (Å²) >= 11 is 0. The molecule has 7 rings (SSSR count).